The van der Waals surface area contributed by atoms with E-state index in [9.17, 15) is 13.2 Å². The topological polar surface area (TPSA) is 107 Å². The summed E-state index contributed by atoms with van der Waals surface area (Å²) in [5.74, 6) is 0.631. The van der Waals surface area contributed by atoms with Gasteiger partial charge < -0.3 is 9.88 Å². The number of rotatable bonds is 8. The van der Waals surface area contributed by atoms with Crippen LogP contribution in [0.5, 0.6) is 0 Å². The number of imidazole rings is 1. The number of benzene rings is 2. The van der Waals surface area contributed by atoms with Crippen LogP contribution in [0.1, 0.15) is 31.2 Å². The molecule has 0 aliphatic heterocycles. The van der Waals surface area contributed by atoms with E-state index in [4.69, 9.17) is 16.7 Å². The van der Waals surface area contributed by atoms with Crippen molar-refractivity contribution in [2.45, 2.75) is 44.2 Å². The smallest absolute Gasteiger partial charge is 0.238 e. The molecule has 29 heavy (non-hydrogen) atoms. The summed E-state index contributed by atoms with van der Waals surface area (Å²) in [6, 6.07) is 12.0. The summed E-state index contributed by atoms with van der Waals surface area (Å²) in [4.78, 5) is 16.9. The summed E-state index contributed by atoms with van der Waals surface area (Å²) in [7, 11) is -3.80. The molecular formula is C20H23ClN4O3S. The molecular weight excluding hydrogens is 412 g/mol. The predicted octanol–water partition coefficient (Wildman–Crippen LogP) is 3.00. The number of fused-ring (bicyclic) bond motifs is 1. The number of nitrogens with one attached hydrogen (secondary N) is 1. The van der Waals surface area contributed by atoms with Crippen molar-refractivity contribution in [2.75, 3.05) is 0 Å². The van der Waals surface area contributed by atoms with Crippen molar-refractivity contribution in [1.82, 2.24) is 14.9 Å². The van der Waals surface area contributed by atoms with Gasteiger partial charge in [0.2, 0.25) is 15.9 Å². The minimum Gasteiger partial charge on any atom is -0.352 e. The molecule has 3 aromatic rings. The fourth-order valence-electron chi connectivity index (χ4n) is 3.15. The number of carbonyl (C=O) groups excluding carboxylic acids is 1. The minimum atomic E-state index is -3.80. The third-order valence-electron chi connectivity index (χ3n) is 4.58. The molecule has 0 fully saturated rings. The monoisotopic (exact) mass is 434 g/mol. The number of hydrogen-bond acceptors (Lipinski definition) is 4. The number of primary sulfonamides is 1. The summed E-state index contributed by atoms with van der Waals surface area (Å²) < 4.78 is 25.2. The molecule has 0 aliphatic rings. The summed E-state index contributed by atoms with van der Waals surface area (Å²) in [6.45, 7) is 3.13. The fourth-order valence-corrected chi connectivity index (χ4v) is 3.89. The molecule has 1 aromatic heterocycles. The van der Waals surface area contributed by atoms with Crippen molar-refractivity contribution in [3.63, 3.8) is 0 Å². The van der Waals surface area contributed by atoms with Crippen molar-refractivity contribution in [1.29, 1.82) is 0 Å². The zero-order valence-corrected chi connectivity index (χ0v) is 17.6. The average Bonchev–Trinajstić information content (AvgIpc) is 3.02. The van der Waals surface area contributed by atoms with Gasteiger partial charge in [-0.05, 0) is 36.2 Å². The molecule has 154 valence electrons. The van der Waals surface area contributed by atoms with Crippen LogP contribution < -0.4 is 10.5 Å². The van der Waals surface area contributed by atoms with Gasteiger partial charge in [-0.25, -0.2) is 18.5 Å². The Morgan fingerprint density at radius 3 is 2.69 bits per heavy atom. The highest BCUT2D eigenvalue weighted by Crippen LogP contribution is 2.21. The van der Waals surface area contributed by atoms with E-state index in [1.54, 1.807) is 12.1 Å². The number of nitrogens with two attached hydrogens (primary N) is 1. The van der Waals surface area contributed by atoms with E-state index < -0.39 is 10.0 Å². The molecule has 0 radical (unpaired) electrons. The Hall–Kier alpha value is -2.42. The third-order valence-corrected chi connectivity index (χ3v) is 5.86. The van der Waals surface area contributed by atoms with Crippen molar-refractivity contribution >= 4 is 38.6 Å². The van der Waals surface area contributed by atoms with Crippen LogP contribution in [0, 0.1) is 0 Å². The molecule has 0 spiro atoms. The van der Waals surface area contributed by atoms with Gasteiger partial charge in [0.1, 0.15) is 5.82 Å². The molecule has 0 saturated heterocycles. The van der Waals surface area contributed by atoms with E-state index in [0.29, 0.717) is 23.5 Å². The quantitative estimate of drug-likeness (QED) is 0.568. The lowest BCUT2D eigenvalue weighted by Gasteiger charge is -2.09. The number of hydrogen-bond donors (Lipinski definition) is 2. The first-order valence-electron chi connectivity index (χ1n) is 9.31. The maximum Gasteiger partial charge on any atom is 0.238 e. The number of carbonyl (C=O) groups is 1. The van der Waals surface area contributed by atoms with Gasteiger partial charge in [-0.15, -0.1) is 0 Å². The van der Waals surface area contributed by atoms with Gasteiger partial charge in [0.05, 0.1) is 15.9 Å². The number of aryl methyl sites for hydroxylation is 2. The highest BCUT2D eigenvalue weighted by molar-refractivity contribution is 7.89. The van der Waals surface area contributed by atoms with Crippen LogP contribution in [0.25, 0.3) is 11.0 Å². The van der Waals surface area contributed by atoms with Crippen molar-refractivity contribution in [3.05, 3.63) is 58.9 Å². The van der Waals surface area contributed by atoms with E-state index in [1.165, 1.54) is 12.1 Å². The molecule has 0 bridgehead atoms. The van der Waals surface area contributed by atoms with E-state index in [2.05, 4.69) is 10.3 Å². The minimum absolute atomic E-state index is 0.0233. The third kappa shape index (κ3) is 5.14. The van der Waals surface area contributed by atoms with Gasteiger partial charge in [-0.3, -0.25) is 4.79 Å². The van der Waals surface area contributed by atoms with Crippen LogP contribution in [0.15, 0.2) is 47.4 Å². The molecule has 1 amide bonds. The maximum atomic E-state index is 12.3. The average molecular weight is 435 g/mol. The van der Waals surface area contributed by atoms with Crippen molar-refractivity contribution in [3.8, 4) is 0 Å². The highest BCUT2D eigenvalue weighted by Gasteiger charge is 2.15. The van der Waals surface area contributed by atoms with Gasteiger partial charge in [0.25, 0.3) is 0 Å². The first-order chi connectivity index (χ1) is 13.8. The van der Waals surface area contributed by atoms with Crippen LogP contribution in [0.3, 0.4) is 0 Å². The first-order valence-corrected chi connectivity index (χ1v) is 11.2. The van der Waals surface area contributed by atoms with Crippen LogP contribution in [0.4, 0.5) is 0 Å². The Morgan fingerprint density at radius 1 is 1.24 bits per heavy atom. The highest BCUT2D eigenvalue weighted by atomic mass is 35.5. The number of sulfonamides is 1. The largest absolute Gasteiger partial charge is 0.352 e. The van der Waals surface area contributed by atoms with E-state index >= 15 is 0 Å². The van der Waals surface area contributed by atoms with Crippen LogP contribution in [0.2, 0.25) is 5.02 Å². The molecule has 7 nitrogen and oxygen atoms in total. The van der Waals surface area contributed by atoms with Gasteiger partial charge in [0.15, 0.2) is 0 Å². The molecule has 3 rings (SSSR count). The fraction of sp³-hybridized carbons (Fsp3) is 0.300. The van der Waals surface area contributed by atoms with Gasteiger partial charge >= 0.3 is 0 Å². The summed E-state index contributed by atoms with van der Waals surface area (Å²) in [5.41, 5.74) is 2.23. The second-order valence-electron chi connectivity index (χ2n) is 6.74. The Labute approximate surface area is 174 Å². The Kier molecular flexibility index (Phi) is 6.56. The molecule has 0 aliphatic carbocycles. The standard InChI is InChI=1S/C20H23ClN4O3S/c1-2-11-25-18-8-7-15(29(22,27)28)12-17(18)24-19(25)9-10-20(26)23-13-14-5-3-4-6-16(14)21/h3-8,12H,2,9-11,13H2,1H3,(H,23,26)(H2,22,27,28). The first kappa shape index (κ1) is 21.3. The van der Waals surface area contributed by atoms with E-state index in [-0.39, 0.29) is 17.2 Å². The Morgan fingerprint density at radius 2 is 2.00 bits per heavy atom. The van der Waals surface area contributed by atoms with Crippen LogP contribution in [-0.2, 0) is 34.3 Å². The Balaban J connectivity index is 1.73. The number of nitrogens with zero attached hydrogens (tertiary/aromatic N) is 2. The second-order valence-corrected chi connectivity index (χ2v) is 8.71. The van der Waals surface area contributed by atoms with Crippen molar-refractivity contribution < 1.29 is 13.2 Å². The zero-order valence-electron chi connectivity index (χ0n) is 16.1. The summed E-state index contributed by atoms with van der Waals surface area (Å²) in [5, 5.41) is 8.70. The molecule has 1 heterocycles. The SMILES string of the molecule is CCCn1c(CCC(=O)NCc2ccccc2Cl)nc2cc(S(N)(=O)=O)ccc21. The maximum absolute atomic E-state index is 12.3. The molecule has 9 heteroatoms. The Bertz CT molecular complexity index is 1140. The number of aromatic nitrogens is 2. The molecule has 0 unspecified atom stereocenters. The van der Waals surface area contributed by atoms with E-state index in [1.807, 2.05) is 29.7 Å². The zero-order chi connectivity index (χ0) is 21.0. The lowest BCUT2D eigenvalue weighted by Crippen LogP contribution is -2.23. The lowest BCUT2D eigenvalue weighted by molar-refractivity contribution is -0.121. The molecule has 2 aromatic carbocycles. The second kappa shape index (κ2) is 8.94. The summed E-state index contributed by atoms with van der Waals surface area (Å²) in [6.07, 6.45) is 1.58. The van der Waals surface area contributed by atoms with E-state index in [0.717, 1.165) is 29.9 Å². The molecule has 3 N–H and O–H groups in total. The normalized spacial score (nSPS) is 11.7. The number of amides is 1. The van der Waals surface area contributed by atoms with Gasteiger partial charge in [0, 0.05) is 31.0 Å². The lowest BCUT2D eigenvalue weighted by atomic mass is 10.2. The predicted molar refractivity (Wildman–Crippen MR) is 113 cm³/mol. The van der Waals surface area contributed by atoms with Gasteiger partial charge in [-0.2, -0.15) is 0 Å². The molecule has 0 atom stereocenters. The summed E-state index contributed by atoms with van der Waals surface area (Å²) >= 11 is 6.11. The van der Waals surface area contributed by atoms with Gasteiger partial charge in [-0.1, -0.05) is 36.7 Å². The van der Waals surface area contributed by atoms with Crippen molar-refractivity contribution in [2.24, 2.45) is 5.14 Å². The number of halogens is 1. The molecule has 0 saturated carbocycles. The van der Waals surface area contributed by atoms with Crippen LogP contribution >= 0.6 is 11.6 Å². The van der Waals surface area contributed by atoms with Crippen LogP contribution in [-0.4, -0.2) is 23.9 Å².